The van der Waals surface area contributed by atoms with E-state index in [2.05, 4.69) is 10.3 Å². The van der Waals surface area contributed by atoms with Crippen molar-refractivity contribution in [2.45, 2.75) is 0 Å². The van der Waals surface area contributed by atoms with Crippen LogP contribution in [0, 0.1) is 17.6 Å². The number of ether oxygens (including phenoxy) is 2. The first-order valence-corrected chi connectivity index (χ1v) is 10.8. The molecule has 2 aliphatic rings. The molecule has 1 saturated heterocycles. The van der Waals surface area contributed by atoms with Crippen LogP contribution in [0.25, 0.3) is 11.1 Å². The standard InChI is InChI=1S/C24H18ClF2N3O4/c25-22-6-15(3-4-28-22)14-1-2-20(18(27)5-14)33-11-13-9-30(10-13)24(32)16-7-19-21(8-17(16)26)34-12-23(31)29-19/h1-8,13H,9-12H2,(H,29,31). The molecule has 1 N–H and O–H groups in total. The molecule has 174 valence electrons. The number of aromatic nitrogens is 1. The van der Waals surface area contributed by atoms with E-state index in [0.717, 1.165) is 11.6 Å². The van der Waals surface area contributed by atoms with Gasteiger partial charge in [-0.3, -0.25) is 9.59 Å². The molecule has 5 rings (SSSR count). The molecule has 7 nitrogen and oxygen atoms in total. The van der Waals surface area contributed by atoms with E-state index in [1.165, 1.54) is 17.0 Å². The fourth-order valence-electron chi connectivity index (χ4n) is 3.86. The largest absolute Gasteiger partial charge is 0.490 e. The Hall–Kier alpha value is -3.72. The lowest BCUT2D eigenvalue weighted by molar-refractivity contribution is -0.118. The van der Waals surface area contributed by atoms with Gasteiger partial charge in [-0.15, -0.1) is 0 Å². The Morgan fingerprint density at radius 2 is 1.94 bits per heavy atom. The van der Waals surface area contributed by atoms with Gasteiger partial charge in [-0.1, -0.05) is 17.7 Å². The van der Waals surface area contributed by atoms with Gasteiger partial charge in [-0.25, -0.2) is 13.8 Å². The number of amides is 2. The number of carbonyl (C=O) groups is 2. The third-order valence-electron chi connectivity index (χ3n) is 5.64. The van der Waals surface area contributed by atoms with Gasteiger partial charge in [-0.2, -0.15) is 0 Å². The van der Waals surface area contributed by atoms with Crippen molar-refractivity contribution in [3.8, 4) is 22.6 Å². The summed E-state index contributed by atoms with van der Waals surface area (Å²) in [7, 11) is 0. The number of nitrogens with one attached hydrogen (secondary N) is 1. The molecule has 0 radical (unpaired) electrons. The smallest absolute Gasteiger partial charge is 0.262 e. The summed E-state index contributed by atoms with van der Waals surface area (Å²) in [6.45, 7) is 0.688. The van der Waals surface area contributed by atoms with Crippen LogP contribution in [0.5, 0.6) is 11.5 Å². The van der Waals surface area contributed by atoms with E-state index in [0.29, 0.717) is 23.8 Å². The van der Waals surface area contributed by atoms with E-state index >= 15 is 0 Å². The topological polar surface area (TPSA) is 80.8 Å². The molecule has 2 aromatic carbocycles. The van der Waals surface area contributed by atoms with Gasteiger partial charge >= 0.3 is 0 Å². The summed E-state index contributed by atoms with van der Waals surface area (Å²) in [6, 6.07) is 10.4. The Morgan fingerprint density at radius 1 is 1.15 bits per heavy atom. The number of benzene rings is 2. The number of fused-ring (bicyclic) bond motifs is 1. The predicted molar refractivity (Wildman–Crippen MR) is 120 cm³/mol. The minimum atomic E-state index is -0.725. The van der Waals surface area contributed by atoms with Crippen LogP contribution in [0.1, 0.15) is 10.4 Å². The summed E-state index contributed by atoms with van der Waals surface area (Å²) in [5.41, 5.74) is 1.48. The lowest BCUT2D eigenvalue weighted by Gasteiger charge is -2.39. The maximum atomic E-state index is 14.5. The molecule has 2 aliphatic heterocycles. The van der Waals surface area contributed by atoms with Gasteiger partial charge in [0.25, 0.3) is 11.8 Å². The Kier molecular flexibility index (Phi) is 5.79. The van der Waals surface area contributed by atoms with Crippen molar-refractivity contribution in [1.29, 1.82) is 0 Å². The van der Waals surface area contributed by atoms with E-state index in [-0.39, 0.29) is 47.8 Å². The summed E-state index contributed by atoms with van der Waals surface area (Å²) in [4.78, 5) is 29.6. The molecule has 0 aliphatic carbocycles. The number of rotatable bonds is 5. The number of hydrogen-bond donors (Lipinski definition) is 1. The van der Waals surface area contributed by atoms with Crippen molar-refractivity contribution in [3.63, 3.8) is 0 Å². The van der Waals surface area contributed by atoms with Crippen LogP contribution in [0.15, 0.2) is 48.7 Å². The Morgan fingerprint density at radius 3 is 2.71 bits per heavy atom. The summed E-state index contributed by atoms with van der Waals surface area (Å²) in [5, 5.41) is 2.88. The SMILES string of the molecule is O=C1COc2cc(F)c(C(=O)N3CC(COc4ccc(-c5ccnc(Cl)c5)cc4F)C3)cc2N1. The summed E-state index contributed by atoms with van der Waals surface area (Å²) in [6.07, 6.45) is 1.55. The van der Waals surface area contributed by atoms with Gasteiger partial charge in [0, 0.05) is 31.3 Å². The molecule has 34 heavy (non-hydrogen) atoms. The molecule has 0 atom stereocenters. The van der Waals surface area contributed by atoms with E-state index in [9.17, 15) is 18.4 Å². The highest BCUT2D eigenvalue weighted by Crippen LogP contribution is 2.32. The monoisotopic (exact) mass is 485 g/mol. The predicted octanol–water partition coefficient (Wildman–Crippen LogP) is 4.16. The first kappa shape index (κ1) is 22.1. The molecule has 2 amide bonds. The average Bonchev–Trinajstić information content (AvgIpc) is 2.78. The van der Waals surface area contributed by atoms with Crippen LogP contribution >= 0.6 is 11.6 Å². The van der Waals surface area contributed by atoms with E-state index in [4.69, 9.17) is 21.1 Å². The number of halogens is 3. The van der Waals surface area contributed by atoms with E-state index < -0.39 is 17.5 Å². The van der Waals surface area contributed by atoms with Gasteiger partial charge in [0.15, 0.2) is 18.2 Å². The minimum absolute atomic E-state index is 0.0224. The summed E-state index contributed by atoms with van der Waals surface area (Å²) < 4.78 is 39.7. The second-order valence-electron chi connectivity index (χ2n) is 8.06. The van der Waals surface area contributed by atoms with Crippen molar-refractivity contribution in [3.05, 3.63) is 71.0 Å². The van der Waals surface area contributed by atoms with Gasteiger partial charge in [0.05, 0.1) is 17.9 Å². The highest BCUT2D eigenvalue weighted by atomic mass is 35.5. The molecule has 0 saturated carbocycles. The number of nitrogens with zero attached hydrogens (tertiary/aromatic N) is 2. The molecule has 1 fully saturated rings. The van der Waals surface area contributed by atoms with Crippen LogP contribution in [0.3, 0.4) is 0 Å². The Bertz CT molecular complexity index is 1300. The van der Waals surface area contributed by atoms with Crippen LogP contribution < -0.4 is 14.8 Å². The molecular weight excluding hydrogens is 468 g/mol. The quantitative estimate of drug-likeness (QED) is 0.549. The number of hydrogen-bond acceptors (Lipinski definition) is 5. The zero-order chi connectivity index (χ0) is 23.8. The van der Waals surface area contributed by atoms with Gasteiger partial charge in [-0.05, 0) is 41.5 Å². The second kappa shape index (κ2) is 8.90. The zero-order valence-corrected chi connectivity index (χ0v) is 18.4. The Balaban J connectivity index is 1.18. The number of pyridine rings is 1. The fraction of sp³-hybridized carbons (Fsp3) is 0.208. The van der Waals surface area contributed by atoms with Gasteiger partial charge in [0.2, 0.25) is 0 Å². The summed E-state index contributed by atoms with van der Waals surface area (Å²) in [5.74, 6) is -1.85. The van der Waals surface area contributed by atoms with E-state index in [1.54, 1.807) is 30.5 Å². The molecule has 1 aromatic heterocycles. The average molecular weight is 486 g/mol. The number of likely N-dealkylation sites (tertiary alicyclic amines) is 1. The number of anilines is 1. The van der Waals surface area contributed by atoms with Crippen LogP contribution in [-0.4, -0.2) is 48.0 Å². The normalized spacial score (nSPS) is 15.1. The molecule has 3 aromatic rings. The third kappa shape index (κ3) is 4.38. The zero-order valence-electron chi connectivity index (χ0n) is 17.7. The molecule has 0 bridgehead atoms. The van der Waals surface area contributed by atoms with Crippen molar-refractivity contribution in [2.24, 2.45) is 5.92 Å². The molecule has 10 heteroatoms. The highest BCUT2D eigenvalue weighted by Gasteiger charge is 2.34. The Labute approximate surface area is 198 Å². The minimum Gasteiger partial charge on any atom is -0.490 e. The van der Waals surface area contributed by atoms with Crippen LogP contribution in [-0.2, 0) is 4.79 Å². The maximum absolute atomic E-state index is 14.5. The number of carbonyl (C=O) groups excluding carboxylic acids is 2. The maximum Gasteiger partial charge on any atom is 0.262 e. The van der Waals surface area contributed by atoms with Gasteiger partial charge in [0.1, 0.15) is 16.7 Å². The molecule has 0 spiro atoms. The van der Waals surface area contributed by atoms with Crippen LogP contribution in [0.4, 0.5) is 14.5 Å². The highest BCUT2D eigenvalue weighted by molar-refractivity contribution is 6.29. The second-order valence-corrected chi connectivity index (χ2v) is 8.45. The van der Waals surface area contributed by atoms with Crippen LogP contribution in [0.2, 0.25) is 5.15 Å². The lowest BCUT2D eigenvalue weighted by Crippen LogP contribution is -2.52. The first-order chi connectivity index (χ1) is 16.4. The molecule has 0 unspecified atom stereocenters. The van der Waals surface area contributed by atoms with Crippen molar-refractivity contribution in [1.82, 2.24) is 9.88 Å². The first-order valence-electron chi connectivity index (χ1n) is 10.5. The fourth-order valence-corrected chi connectivity index (χ4v) is 4.04. The van der Waals surface area contributed by atoms with Gasteiger partial charge < -0.3 is 19.7 Å². The van der Waals surface area contributed by atoms with Crippen molar-refractivity contribution >= 4 is 29.1 Å². The van der Waals surface area contributed by atoms with Crippen molar-refractivity contribution < 1.29 is 27.8 Å². The third-order valence-corrected chi connectivity index (χ3v) is 5.85. The summed E-state index contributed by atoms with van der Waals surface area (Å²) >= 11 is 5.89. The lowest BCUT2D eigenvalue weighted by atomic mass is 9.99. The van der Waals surface area contributed by atoms with Crippen molar-refractivity contribution in [2.75, 3.05) is 31.6 Å². The van der Waals surface area contributed by atoms with E-state index in [1.807, 2.05) is 0 Å². The molecular formula is C24H18ClF2N3O4. The molecule has 3 heterocycles.